The quantitative estimate of drug-likeness (QED) is 0.823. The summed E-state index contributed by atoms with van der Waals surface area (Å²) in [5, 5.41) is 2.76. The van der Waals surface area contributed by atoms with E-state index in [0.717, 1.165) is 24.2 Å². The topological polar surface area (TPSA) is 38.3 Å². The highest BCUT2D eigenvalue weighted by Crippen LogP contribution is 2.38. The number of amides is 1. The fourth-order valence-corrected chi connectivity index (χ4v) is 2.01. The predicted molar refractivity (Wildman–Crippen MR) is 68.8 cm³/mol. The van der Waals surface area contributed by atoms with Crippen LogP contribution < -0.4 is 10.1 Å². The van der Waals surface area contributed by atoms with E-state index in [2.05, 4.69) is 19.2 Å². The summed E-state index contributed by atoms with van der Waals surface area (Å²) in [5.74, 6) is 0.516. The summed E-state index contributed by atoms with van der Waals surface area (Å²) in [6, 6.07) is 5.79. The lowest BCUT2D eigenvalue weighted by Crippen LogP contribution is -2.33. The highest BCUT2D eigenvalue weighted by atomic mass is 35.5. The molecule has 1 aromatic carbocycles. The van der Waals surface area contributed by atoms with Gasteiger partial charge in [0.2, 0.25) is 5.91 Å². The van der Waals surface area contributed by atoms with Crippen molar-refractivity contribution >= 4 is 23.2 Å². The van der Waals surface area contributed by atoms with E-state index in [1.807, 2.05) is 18.2 Å². The first-order valence-electron chi connectivity index (χ1n) is 5.68. The Kier molecular flexibility index (Phi) is 3.29. The molecule has 0 spiro atoms. The first-order valence-corrected chi connectivity index (χ1v) is 6.22. The standard InChI is InChI=1S/C13H16ClNO2/c1-13(2)7-6-9-4-3-5-10(12(9)17-13)15-11(16)8-14/h3-5H,6-8H2,1-2H3,(H,15,16). The monoisotopic (exact) mass is 253 g/mol. The third-order valence-electron chi connectivity index (χ3n) is 2.87. The number of rotatable bonds is 2. The lowest BCUT2D eigenvalue weighted by molar-refractivity contribution is -0.114. The Morgan fingerprint density at radius 3 is 3.00 bits per heavy atom. The Bertz CT molecular complexity index is 443. The molecular formula is C13H16ClNO2. The largest absolute Gasteiger partial charge is 0.485 e. The van der Waals surface area contributed by atoms with Crippen LogP contribution in [0, 0.1) is 0 Å². The number of anilines is 1. The number of hydrogen-bond donors (Lipinski definition) is 1. The third kappa shape index (κ3) is 2.72. The van der Waals surface area contributed by atoms with Gasteiger partial charge in [-0.25, -0.2) is 0 Å². The predicted octanol–water partition coefficient (Wildman–Crippen LogP) is 2.97. The lowest BCUT2D eigenvalue weighted by Gasteiger charge is -2.33. The molecule has 0 aliphatic carbocycles. The Balaban J connectivity index is 2.32. The molecule has 1 amide bonds. The zero-order chi connectivity index (χ0) is 12.5. The molecule has 92 valence electrons. The molecular weight excluding hydrogens is 238 g/mol. The summed E-state index contributed by atoms with van der Waals surface area (Å²) in [4.78, 5) is 11.3. The molecule has 0 aromatic heterocycles. The number of ether oxygens (including phenoxy) is 1. The van der Waals surface area contributed by atoms with Crippen molar-refractivity contribution in [3.63, 3.8) is 0 Å². The maximum atomic E-state index is 11.3. The van der Waals surface area contributed by atoms with Crippen molar-refractivity contribution in [3.05, 3.63) is 23.8 Å². The molecule has 0 fully saturated rings. The highest BCUT2D eigenvalue weighted by Gasteiger charge is 2.28. The van der Waals surface area contributed by atoms with Crippen LogP contribution in [0.15, 0.2) is 18.2 Å². The van der Waals surface area contributed by atoms with Crippen LogP contribution in [0.4, 0.5) is 5.69 Å². The van der Waals surface area contributed by atoms with E-state index >= 15 is 0 Å². The molecule has 17 heavy (non-hydrogen) atoms. The van der Waals surface area contributed by atoms with Gasteiger partial charge in [0.05, 0.1) is 5.69 Å². The number of halogens is 1. The second kappa shape index (κ2) is 4.57. The van der Waals surface area contributed by atoms with Crippen LogP contribution >= 0.6 is 11.6 Å². The SMILES string of the molecule is CC1(C)CCc2cccc(NC(=O)CCl)c2O1. The second-order valence-corrected chi connectivity index (χ2v) is 5.10. The van der Waals surface area contributed by atoms with E-state index in [0.29, 0.717) is 5.69 Å². The van der Waals surface area contributed by atoms with Crippen molar-refractivity contribution in [2.75, 3.05) is 11.2 Å². The van der Waals surface area contributed by atoms with Gasteiger partial charge in [0, 0.05) is 0 Å². The van der Waals surface area contributed by atoms with Crippen LogP contribution in [-0.2, 0) is 11.2 Å². The highest BCUT2D eigenvalue weighted by molar-refractivity contribution is 6.29. The Morgan fingerprint density at radius 2 is 2.29 bits per heavy atom. The minimum Gasteiger partial charge on any atom is -0.485 e. The molecule has 0 saturated heterocycles. The molecule has 0 unspecified atom stereocenters. The van der Waals surface area contributed by atoms with Gasteiger partial charge in [-0.15, -0.1) is 11.6 Å². The summed E-state index contributed by atoms with van der Waals surface area (Å²) < 4.78 is 5.94. The van der Waals surface area contributed by atoms with Crippen LogP contribution in [0.3, 0.4) is 0 Å². The van der Waals surface area contributed by atoms with E-state index < -0.39 is 0 Å². The molecule has 1 aliphatic heterocycles. The van der Waals surface area contributed by atoms with Crippen molar-refractivity contribution < 1.29 is 9.53 Å². The Morgan fingerprint density at radius 1 is 1.53 bits per heavy atom. The minimum atomic E-state index is -0.216. The second-order valence-electron chi connectivity index (χ2n) is 4.84. The van der Waals surface area contributed by atoms with Crippen molar-refractivity contribution in [1.29, 1.82) is 0 Å². The fraction of sp³-hybridized carbons (Fsp3) is 0.462. The summed E-state index contributed by atoms with van der Waals surface area (Å²) in [6.07, 6.45) is 1.94. The smallest absolute Gasteiger partial charge is 0.239 e. The van der Waals surface area contributed by atoms with Gasteiger partial charge in [-0.05, 0) is 38.3 Å². The lowest BCUT2D eigenvalue weighted by atomic mass is 9.94. The van der Waals surface area contributed by atoms with E-state index in [1.165, 1.54) is 0 Å². The summed E-state index contributed by atoms with van der Waals surface area (Å²) in [7, 11) is 0. The zero-order valence-electron chi connectivity index (χ0n) is 10.0. The normalized spacial score (nSPS) is 16.9. The van der Waals surface area contributed by atoms with Gasteiger partial charge in [0.15, 0.2) is 0 Å². The number of carbonyl (C=O) groups excluding carboxylic acids is 1. The van der Waals surface area contributed by atoms with Gasteiger partial charge in [0.25, 0.3) is 0 Å². The summed E-state index contributed by atoms with van der Waals surface area (Å²) in [5.41, 5.74) is 1.66. The Hall–Kier alpha value is -1.22. The molecule has 1 aromatic rings. The van der Waals surface area contributed by atoms with E-state index in [4.69, 9.17) is 16.3 Å². The van der Waals surface area contributed by atoms with E-state index in [1.54, 1.807) is 0 Å². The first-order chi connectivity index (χ1) is 8.02. The summed E-state index contributed by atoms with van der Waals surface area (Å²) >= 11 is 5.49. The van der Waals surface area contributed by atoms with E-state index in [9.17, 15) is 4.79 Å². The molecule has 0 saturated carbocycles. The van der Waals surface area contributed by atoms with Crippen molar-refractivity contribution in [3.8, 4) is 5.75 Å². The number of nitrogens with one attached hydrogen (secondary N) is 1. The van der Waals surface area contributed by atoms with Gasteiger partial charge in [-0.2, -0.15) is 0 Å². The molecule has 1 N–H and O–H groups in total. The molecule has 3 nitrogen and oxygen atoms in total. The number of para-hydroxylation sites is 1. The minimum absolute atomic E-state index is 0.0486. The van der Waals surface area contributed by atoms with Crippen LogP contribution in [0.5, 0.6) is 5.75 Å². The molecule has 4 heteroatoms. The van der Waals surface area contributed by atoms with Gasteiger partial charge < -0.3 is 10.1 Å². The molecule has 1 heterocycles. The van der Waals surface area contributed by atoms with Crippen LogP contribution in [0.1, 0.15) is 25.8 Å². The summed E-state index contributed by atoms with van der Waals surface area (Å²) in [6.45, 7) is 4.10. The Labute approximate surface area is 106 Å². The molecule has 2 rings (SSSR count). The molecule has 1 aliphatic rings. The zero-order valence-corrected chi connectivity index (χ0v) is 10.8. The van der Waals surface area contributed by atoms with Gasteiger partial charge in [-0.3, -0.25) is 4.79 Å². The fourth-order valence-electron chi connectivity index (χ4n) is 1.95. The molecule has 0 bridgehead atoms. The van der Waals surface area contributed by atoms with Crippen LogP contribution in [0.2, 0.25) is 0 Å². The number of carbonyl (C=O) groups is 1. The maximum absolute atomic E-state index is 11.3. The van der Waals surface area contributed by atoms with Gasteiger partial charge in [0.1, 0.15) is 17.2 Å². The average Bonchev–Trinajstić information content (AvgIpc) is 2.29. The van der Waals surface area contributed by atoms with E-state index in [-0.39, 0.29) is 17.4 Å². The average molecular weight is 254 g/mol. The third-order valence-corrected chi connectivity index (χ3v) is 3.11. The molecule has 0 radical (unpaired) electrons. The number of alkyl halides is 1. The first kappa shape index (κ1) is 12.2. The molecule has 0 atom stereocenters. The maximum Gasteiger partial charge on any atom is 0.239 e. The van der Waals surface area contributed by atoms with Gasteiger partial charge >= 0.3 is 0 Å². The van der Waals surface area contributed by atoms with Crippen molar-refractivity contribution in [2.24, 2.45) is 0 Å². The van der Waals surface area contributed by atoms with Crippen molar-refractivity contribution in [2.45, 2.75) is 32.3 Å². The van der Waals surface area contributed by atoms with Crippen LogP contribution in [0.25, 0.3) is 0 Å². The number of aryl methyl sites for hydroxylation is 1. The van der Waals surface area contributed by atoms with Gasteiger partial charge in [-0.1, -0.05) is 12.1 Å². The number of hydrogen-bond acceptors (Lipinski definition) is 2. The number of fused-ring (bicyclic) bond motifs is 1. The van der Waals surface area contributed by atoms with Crippen LogP contribution in [-0.4, -0.2) is 17.4 Å². The number of benzene rings is 1. The van der Waals surface area contributed by atoms with Crippen molar-refractivity contribution in [1.82, 2.24) is 0 Å².